The van der Waals surface area contributed by atoms with Gasteiger partial charge in [-0.05, 0) is 44.9 Å². The Morgan fingerprint density at radius 2 is 2.30 bits per heavy atom. The van der Waals surface area contributed by atoms with Gasteiger partial charge in [-0.15, -0.1) is 0 Å². The zero-order valence-corrected chi connectivity index (χ0v) is 12.9. The van der Waals surface area contributed by atoms with Gasteiger partial charge in [-0.1, -0.05) is 11.3 Å². The third kappa shape index (κ3) is 2.88. The summed E-state index contributed by atoms with van der Waals surface area (Å²) in [5.74, 6) is 0.875. The van der Waals surface area contributed by atoms with Crippen LogP contribution in [0.2, 0.25) is 0 Å². The molecule has 1 aromatic carbocycles. The second-order valence-corrected chi connectivity index (χ2v) is 6.83. The van der Waals surface area contributed by atoms with Crippen molar-refractivity contribution in [2.24, 2.45) is 0 Å². The zero-order valence-electron chi connectivity index (χ0n) is 12.1. The largest absolute Gasteiger partial charge is 0.497 e. The molecule has 1 aromatic heterocycles. The minimum atomic E-state index is -0.0458. The monoisotopic (exact) mass is 292 g/mol. The van der Waals surface area contributed by atoms with Gasteiger partial charge >= 0.3 is 0 Å². The Labute approximate surface area is 123 Å². The Balaban J connectivity index is 1.77. The van der Waals surface area contributed by atoms with E-state index in [2.05, 4.69) is 24.1 Å². The van der Waals surface area contributed by atoms with Crippen LogP contribution in [0, 0.1) is 0 Å². The van der Waals surface area contributed by atoms with Gasteiger partial charge in [0.2, 0.25) is 0 Å². The fraction of sp³-hybridized carbons (Fsp3) is 0.533. The van der Waals surface area contributed by atoms with E-state index in [1.807, 2.05) is 18.2 Å². The van der Waals surface area contributed by atoms with Gasteiger partial charge in [-0.2, -0.15) is 0 Å². The van der Waals surface area contributed by atoms with Crippen molar-refractivity contribution in [2.45, 2.75) is 38.3 Å². The summed E-state index contributed by atoms with van der Waals surface area (Å²) in [7, 11) is 1.69. The van der Waals surface area contributed by atoms with Crippen LogP contribution in [-0.2, 0) is 4.74 Å². The van der Waals surface area contributed by atoms with E-state index in [4.69, 9.17) is 9.47 Å². The van der Waals surface area contributed by atoms with E-state index in [1.165, 1.54) is 0 Å². The summed E-state index contributed by atoms with van der Waals surface area (Å²) < 4.78 is 12.2. The molecule has 108 valence electrons. The highest BCUT2D eigenvalue weighted by Gasteiger charge is 2.29. The van der Waals surface area contributed by atoms with Gasteiger partial charge in [0.1, 0.15) is 5.75 Å². The fourth-order valence-corrected chi connectivity index (χ4v) is 3.59. The molecule has 1 aliphatic rings. The first-order valence-electron chi connectivity index (χ1n) is 6.91. The molecule has 0 spiro atoms. The average Bonchev–Trinajstić information content (AvgIpc) is 2.78. The highest BCUT2D eigenvalue weighted by Crippen LogP contribution is 2.32. The Hall–Kier alpha value is -1.33. The number of methoxy groups -OCH3 is 1. The lowest BCUT2D eigenvalue weighted by Crippen LogP contribution is -2.40. The number of ether oxygens (including phenoxy) is 2. The smallest absolute Gasteiger partial charge is 0.184 e. The van der Waals surface area contributed by atoms with Crippen LogP contribution in [-0.4, -0.2) is 30.3 Å². The van der Waals surface area contributed by atoms with Gasteiger partial charge in [-0.3, -0.25) is 0 Å². The number of benzene rings is 1. The number of nitrogens with zero attached hydrogens (tertiary/aromatic N) is 1. The Bertz CT molecular complexity index is 609. The maximum Gasteiger partial charge on any atom is 0.184 e. The zero-order chi connectivity index (χ0) is 14.2. The Kier molecular flexibility index (Phi) is 3.56. The lowest BCUT2D eigenvalue weighted by molar-refractivity contribution is -0.0553. The summed E-state index contributed by atoms with van der Waals surface area (Å²) in [6.45, 7) is 5.09. The molecule has 0 bridgehead atoms. The SMILES string of the molecule is COc1ccc2nc(NC3CCOC(C)(C)C3)sc2c1. The van der Waals surface area contributed by atoms with E-state index in [9.17, 15) is 0 Å². The molecule has 5 heteroatoms. The molecular weight excluding hydrogens is 272 g/mol. The van der Waals surface area contributed by atoms with E-state index in [1.54, 1.807) is 18.4 Å². The van der Waals surface area contributed by atoms with Crippen LogP contribution in [0.3, 0.4) is 0 Å². The molecule has 1 aliphatic heterocycles. The number of nitrogens with one attached hydrogen (secondary N) is 1. The molecule has 2 aromatic rings. The van der Waals surface area contributed by atoms with Crippen molar-refractivity contribution in [1.82, 2.24) is 4.98 Å². The molecule has 4 nitrogen and oxygen atoms in total. The maximum atomic E-state index is 5.75. The predicted molar refractivity (Wildman–Crippen MR) is 82.8 cm³/mol. The molecule has 1 saturated heterocycles. The third-order valence-electron chi connectivity index (χ3n) is 3.62. The molecule has 0 aliphatic carbocycles. The van der Waals surface area contributed by atoms with Crippen molar-refractivity contribution in [1.29, 1.82) is 0 Å². The van der Waals surface area contributed by atoms with Crippen molar-refractivity contribution in [3.05, 3.63) is 18.2 Å². The van der Waals surface area contributed by atoms with Gasteiger partial charge in [0.05, 0.1) is 22.9 Å². The van der Waals surface area contributed by atoms with Crippen LogP contribution in [0.15, 0.2) is 18.2 Å². The lowest BCUT2D eigenvalue weighted by Gasteiger charge is -2.35. The molecule has 20 heavy (non-hydrogen) atoms. The average molecular weight is 292 g/mol. The van der Waals surface area contributed by atoms with E-state index in [0.29, 0.717) is 6.04 Å². The maximum absolute atomic E-state index is 5.75. The number of thiazole rings is 1. The summed E-state index contributed by atoms with van der Waals surface area (Å²) in [6, 6.07) is 6.42. The van der Waals surface area contributed by atoms with Crippen molar-refractivity contribution in [3.63, 3.8) is 0 Å². The van der Waals surface area contributed by atoms with Gasteiger partial charge in [-0.25, -0.2) is 4.98 Å². The van der Waals surface area contributed by atoms with E-state index < -0.39 is 0 Å². The molecule has 1 fully saturated rings. The molecule has 2 heterocycles. The number of aromatic nitrogens is 1. The number of hydrogen-bond donors (Lipinski definition) is 1. The highest BCUT2D eigenvalue weighted by atomic mass is 32.1. The molecule has 1 unspecified atom stereocenters. The van der Waals surface area contributed by atoms with E-state index in [0.717, 1.165) is 40.5 Å². The number of anilines is 1. The number of fused-ring (bicyclic) bond motifs is 1. The standard InChI is InChI=1S/C15H20N2O2S/c1-15(2)9-10(6-7-19-15)16-14-17-12-5-4-11(18-3)8-13(12)20-14/h4-5,8,10H,6-7,9H2,1-3H3,(H,16,17). The van der Waals surface area contributed by atoms with Crippen molar-refractivity contribution in [3.8, 4) is 5.75 Å². The number of rotatable bonds is 3. The number of hydrogen-bond acceptors (Lipinski definition) is 5. The summed E-state index contributed by atoms with van der Waals surface area (Å²) >= 11 is 1.68. The van der Waals surface area contributed by atoms with Crippen LogP contribution >= 0.6 is 11.3 Å². The molecule has 3 rings (SSSR count). The lowest BCUT2D eigenvalue weighted by atomic mass is 9.94. The van der Waals surface area contributed by atoms with Crippen molar-refractivity contribution in [2.75, 3.05) is 19.0 Å². The van der Waals surface area contributed by atoms with Crippen LogP contribution in [0.25, 0.3) is 10.2 Å². The van der Waals surface area contributed by atoms with Crippen LogP contribution in [0.4, 0.5) is 5.13 Å². The first kappa shape index (κ1) is 13.6. The normalized spacial score (nSPS) is 21.9. The first-order valence-corrected chi connectivity index (χ1v) is 7.72. The van der Waals surface area contributed by atoms with E-state index >= 15 is 0 Å². The minimum Gasteiger partial charge on any atom is -0.497 e. The molecule has 0 amide bonds. The van der Waals surface area contributed by atoms with Crippen LogP contribution in [0.1, 0.15) is 26.7 Å². The van der Waals surface area contributed by atoms with Crippen LogP contribution in [0.5, 0.6) is 5.75 Å². The second-order valence-electron chi connectivity index (χ2n) is 5.79. The summed E-state index contributed by atoms with van der Waals surface area (Å²) in [5, 5.41) is 4.53. The Morgan fingerprint density at radius 1 is 1.45 bits per heavy atom. The van der Waals surface area contributed by atoms with Crippen LogP contribution < -0.4 is 10.1 Å². The van der Waals surface area contributed by atoms with E-state index in [-0.39, 0.29) is 5.60 Å². The van der Waals surface area contributed by atoms with Crippen molar-refractivity contribution < 1.29 is 9.47 Å². The van der Waals surface area contributed by atoms with Gasteiger partial charge in [0.15, 0.2) is 5.13 Å². The topological polar surface area (TPSA) is 43.4 Å². The minimum absolute atomic E-state index is 0.0458. The van der Waals surface area contributed by atoms with Gasteiger partial charge < -0.3 is 14.8 Å². The van der Waals surface area contributed by atoms with Gasteiger partial charge in [0.25, 0.3) is 0 Å². The third-order valence-corrected chi connectivity index (χ3v) is 4.57. The molecule has 1 N–H and O–H groups in total. The quantitative estimate of drug-likeness (QED) is 0.937. The molecule has 0 radical (unpaired) electrons. The molecular formula is C15H20N2O2S. The summed E-state index contributed by atoms with van der Waals surface area (Å²) in [6.07, 6.45) is 2.04. The molecule has 1 atom stereocenters. The van der Waals surface area contributed by atoms with Gasteiger partial charge in [0, 0.05) is 12.6 Å². The molecule has 0 saturated carbocycles. The van der Waals surface area contributed by atoms with Crippen molar-refractivity contribution >= 4 is 26.7 Å². The summed E-state index contributed by atoms with van der Waals surface area (Å²) in [4.78, 5) is 4.64. The second kappa shape index (κ2) is 5.22. The Morgan fingerprint density at radius 3 is 3.05 bits per heavy atom. The predicted octanol–water partition coefficient (Wildman–Crippen LogP) is 3.67. The fourth-order valence-electron chi connectivity index (χ4n) is 2.62. The summed E-state index contributed by atoms with van der Waals surface area (Å²) in [5.41, 5.74) is 0.972. The first-order chi connectivity index (χ1) is 9.55. The highest BCUT2D eigenvalue weighted by molar-refractivity contribution is 7.22.